The first-order valence-corrected chi connectivity index (χ1v) is 9.02. The number of methoxy groups -OCH3 is 1. The maximum absolute atomic E-state index is 13.6. The molecule has 2 aromatic rings. The fourth-order valence-corrected chi connectivity index (χ4v) is 2.39. The van der Waals surface area contributed by atoms with Gasteiger partial charge in [0.05, 0.1) is 25.9 Å². The molecule has 0 fully saturated rings. The lowest BCUT2D eigenvalue weighted by Gasteiger charge is -2.18. The molecule has 0 spiro atoms. The molecule has 2 aromatic carbocycles. The van der Waals surface area contributed by atoms with Crippen LogP contribution in [0.25, 0.3) is 0 Å². The molecule has 0 aliphatic carbocycles. The molecule has 2 rings (SSSR count). The molecule has 1 amide bonds. The van der Waals surface area contributed by atoms with E-state index >= 15 is 0 Å². The number of nitrogens with one attached hydrogen (secondary N) is 3. The molecule has 0 saturated carbocycles. The molecule has 31 heavy (non-hydrogen) atoms. The van der Waals surface area contributed by atoms with Crippen LogP contribution in [0.5, 0.6) is 11.5 Å². The van der Waals surface area contributed by atoms with Gasteiger partial charge in [-0.1, -0.05) is 6.07 Å². The van der Waals surface area contributed by atoms with Crippen molar-refractivity contribution in [2.24, 2.45) is 4.99 Å². The van der Waals surface area contributed by atoms with Crippen molar-refractivity contribution in [3.63, 3.8) is 0 Å². The highest BCUT2D eigenvalue weighted by atomic mass is 127. The number of benzene rings is 2. The Balaban J connectivity index is 0.00000480. The van der Waals surface area contributed by atoms with Crippen LogP contribution in [0, 0.1) is 17.5 Å². The molecular formula is C20H24F3IN4O3. The van der Waals surface area contributed by atoms with E-state index in [2.05, 4.69) is 20.9 Å². The predicted molar refractivity (Wildman–Crippen MR) is 123 cm³/mol. The van der Waals surface area contributed by atoms with Gasteiger partial charge >= 0.3 is 0 Å². The van der Waals surface area contributed by atoms with Crippen molar-refractivity contribution in [2.75, 3.05) is 32.6 Å². The zero-order chi connectivity index (χ0) is 22.1. The third-order valence-corrected chi connectivity index (χ3v) is 3.88. The van der Waals surface area contributed by atoms with Crippen LogP contribution in [0.15, 0.2) is 41.4 Å². The molecule has 0 aromatic heterocycles. The first-order valence-electron chi connectivity index (χ1n) is 9.02. The van der Waals surface area contributed by atoms with E-state index in [1.807, 2.05) is 13.0 Å². The maximum Gasteiger partial charge on any atom is 0.243 e. The van der Waals surface area contributed by atoms with Crippen molar-refractivity contribution >= 4 is 41.5 Å². The minimum atomic E-state index is -1.65. The second-order valence-corrected chi connectivity index (χ2v) is 6.19. The number of rotatable bonds is 8. The Labute approximate surface area is 195 Å². The molecule has 3 N–H and O–H groups in total. The Hall–Kier alpha value is -2.70. The topological polar surface area (TPSA) is 84.0 Å². The molecule has 0 saturated heterocycles. The van der Waals surface area contributed by atoms with E-state index in [-0.39, 0.29) is 36.6 Å². The largest absolute Gasteiger partial charge is 0.497 e. The maximum atomic E-state index is 13.6. The second kappa shape index (κ2) is 12.9. The van der Waals surface area contributed by atoms with Gasteiger partial charge in [-0.2, -0.15) is 0 Å². The van der Waals surface area contributed by atoms with Gasteiger partial charge in [-0.15, -0.1) is 24.0 Å². The third kappa shape index (κ3) is 8.15. The summed E-state index contributed by atoms with van der Waals surface area (Å²) in [6.07, 6.45) is -0.235. The molecule has 170 valence electrons. The minimum absolute atomic E-state index is 0. The van der Waals surface area contributed by atoms with Crippen molar-refractivity contribution in [2.45, 2.75) is 13.0 Å². The summed E-state index contributed by atoms with van der Waals surface area (Å²) >= 11 is 0. The first-order chi connectivity index (χ1) is 14.3. The summed E-state index contributed by atoms with van der Waals surface area (Å²) in [6.45, 7) is 1.94. The van der Waals surface area contributed by atoms with Gasteiger partial charge in [-0.05, 0) is 31.2 Å². The zero-order valence-electron chi connectivity index (χ0n) is 17.2. The lowest BCUT2D eigenvalue weighted by atomic mass is 10.2. The van der Waals surface area contributed by atoms with E-state index in [0.717, 1.165) is 12.1 Å². The van der Waals surface area contributed by atoms with Crippen LogP contribution in [0.4, 0.5) is 18.9 Å². The number of hydrogen-bond donors (Lipinski definition) is 3. The van der Waals surface area contributed by atoms with Gasteiger partial charge in [0.2, 0.25) is 5.91 Å². The van der Waals surface area contributed by atoms with Crippen molar-refractivity contribution in [3.8, 4) is 11.5 Å². The van der Waals surface area contributed by atoms with Crippen LogP contribution in [-0.2, 0) is 4.79 Å². The van der Waals surface area contributed by atoms with Crippen LogP contribution < -0.4 is 25.4 Å². The molecule has 1 atom stereocenters. The fourth-order valence-electron chi connectivity index (χ4n) is 2.39. The van der Waals surface area contributed by atoms with Crippen molar-refractivity contribution in [3.05, 3.63) is 53.8 Å². The summed E-state index contributed by atoms with van der Waals surface area (Å²) in [5.74, 6) is -3.50. The molecule has 0 heterocycles. The lowest BCUT2D eigenvalue weighted by molar-refractivity contribution is -0.115. The number of halogens is 4. The van der Waals surface area contributed by atoms with Gasteiger partial charge < -0.3 is 25.4 Å². The Bertz CT molecular complexity index is 915. The fraction of sp³-hybridized carbons (Fsp3) is 0.300. The van der Waals surface area contributed by atoms with E-state index in [9.17, 15) is 18.0 Å². The second-order valence-electron chi connectivity index (χ2n) is 6.19. The molecule has 11 heteroatoms. The van der Waals surface area contributed by atoms with Crippen molar-refractivity contribution in [1.82, 2.24) is 10.6 Å². The summed E-state index contributed by atoms with van der Waals surface area (Å²) in [6, 6.07) is 8.84. The quantitative estimate of drug-likeness (QED) is 0.203. The summed E-state index contributed by atoms with van der Waals surface area (Å²) < 4.78 is 50.7. The summed E-state index contributed by atoms with van der Waals surface area (Å²) in [4.78, 5) is 15.9. The van der Waals surface area contributed by atoms with Crippen LogP contribution in [0.3, 0.4) is 0 Å². The Morgan fingerprint density at radius 2 is 1.81 bits per heavy atom. The smallest absolute Gasteiger partial charge is 0.243 e. The zero-order valence-corrected chi connectivity index (χ0v) is 19.5. The average Bonchev–Trinajstić information content (AvgIpc) is 2.74. The molecule has 1 unspecified atom stereocenters. The SMILES string of the molecule is CN=C(NCC(=O)Nc1ccc(F)c(F)c1F)NCC(C)Oc1cccc(OC)c1.I. The minimum Gasteiger partial charge on any atom is -0.497 e. The first kappa shape index (κ1) is 26.3. The van der Waals surface area contributed by atoms with Gasteiger partial charge in [0, 0.05) is 13.1 Å². The molecular weight excluding hydrogens is 528 g/mol. The van der Waals surface area contributed by atoms with Gasteiger partial charge in [0.15, 0.2) is 23.4 Å². The van der Waals surface area contributed by atoms with Gasteiger partial charge in [0.1, 0.15) is 17.6 Å². The van der Waals surface area contributed by atoms with Crippen molar-refractivity contribution < 1.29 is 27.4 Å². The molecule has 0 bridgehead atoms. The number of amides is 1. The molecule has 0 radical (unpaired) electrons. The summed E-state index contributed by atoms with van der Waals surface area (Å²) in [5, 5.41) is 7.88. The van der Waals surface area contributed by atoms with Crippen LogP contribution in [-0.4, -0.2) is 45.2 Å². The third-order valence-electron chi connectivity index (χ3n) is 3.88. The number of carbonyl (C=O) groups excluding carboxylic acids is 1. The van der Waals surface area contributed by atoms with E-state index in [1.54, 1.807) is 25.3 Å². The lowest BCUT2D eigenvalue weighted by Crippen LogP contribution is -2.44. The monoisotopic (exact) mass is 552 g/mol. The number of nitrogens with zero attached hydrogens (tertiary/aromatic N) is 1. The van der Waals surface area contributed by atoms with Crippen LogP contribution in [0.1, 0.15) is 6.92 Å². The van der Waals surface area contributed by atoms with E-state index < -0.39 is 29.0 Å². The highest BCUT2D eigenvalue weighted by Gasteiger charge is 2.15. The van der Waals surface area contributed by atoms with Gasteiger partial charge in [-0.3, -0.25) is 9.79 Å². The Kier molecular flexibility index (Phi) is 10.9. The number of anilines is 1. The highest BCUT2D eigenvalue weighted by molar-refractivity contribution is 14.0. The normalized spacial score (nSPS) is 11.7. The molecule has 7 nitrogen and oxygen atoms in total. The molecule has 0 aliphatic heterocycles. The van der Waals surface area contributed by atoms with E-state index in [1.165, 1.54) is 7.05 Å². The summed E-state index contributed by atoms with van der Waals surface area (Å²) in [5.41, 5.74) is -0.455. The molecule has 0 aliphatic rings. The van der Waals surface area contributed by atoms with Gasteiger partial charge in [-0.25, -0.2) is 13.2 Å². The number of carbonyl (C=O) groups is 1. The van der Waals surface area contributed by atoms with Crippen LogP contribution >= 0.6 is 24.0 Å². The highest BCUT2D eigenvalue weighted by Crippen LogP contribution is 2.20. The average molecular weight is 552 g/mol. The van der Waals surface area contributed by atoms with E-state index in [0.29, 0.717) is 24.0 Å². The number of hydrogen-bond acceptors (Lipinski definition) is 4. The Morgan fingerprint density at radius 3 is 2.48 bits per heavy atom. The standard InChI is InChI=1S/C20H23F3N4O3.HI/c1-12(30-14-6-4-5-13(9-14)29-3)10-25-20(24-2)26-11-17(28)27-16-8-7-15(21)18(22)19(16)23;/h4-9,12H,10-11H2,1-3H3,(H,27,28)(H2,24,25,26);1H. The Morgan fingerprint density at radius 1 is 1.10 bits per heavy atom. The van der Waals surface area contributed by atoms with Crippen molar-refractivity contribution in [1.29, 1.82) is 0 Å². The van der Waals surface area contributed by atoms with E-state index in [4.69, 9.17) is 9.47 Å². The number of ether oxygens (including phenoxy) is 2. The predicted octanol–water partition coefficient (Wildman–Crippen LogP) is 3.30. The van der Waals surface area contributed by atoms with Gasteiger partial charge in [0.25, 0.3) is 0 Å². The number of guanidine groups is 1. The summed E-state index contributed by atoms with van der Waals surface area (Å²) in [7, 11) is 3.08. The number of aliphatic imine (C=N–C) groups is 1. The van der Waals surface area contributed by atoms with Crippen LogP contribution in [0.2, 0.25) is 0 Å².